The molecule has 3 nitrogen and oxygen atoms in total. The van der Waals surface area contributed by atoms with Crippen LogP contribution in [-0.4, -0.2) is 5.16 Å². The molecule has 0 atom stereocenters. The van der Waals surface area contributed by atoms with Gasteiger partial charge in [0.15, 0.2) is 5.58 Å². The van der Waals surface area contributed by atoms with Crippen molar-refractivity contribution in [2.24, 2.45) is 0 Å². The molecular formula is C8H3ClN2O. The molecule has 0 amide bonds. The summed E-state index contributed by atoms with van der Waals surface area (Å²) in [5.41, 5.74) is 1.03. The Morgan fingerprint density at radius 3 is 3.08 bits per heavy atom. The Morgan fingerprint density at radius 2 is 2.33 bits per heavy atom. The molecule has 0 aliphatic rings. The Morgan fingerprint density at radius 1 is 1.50 bits per heavy atom. The third kappa shape index (κ3) is 0.936. The minimum absolute atomic E-state index is 0.418. The highest BCUT2D eigenvalue weighted by atomic mass is 35.5. The summed E-state index contributed by atoms with van der Waals surface area (Å²) in [6, 6.07) is 5.22. The van der Waals surface area contributed by atoms with Crippen LogP contribution in [-0.2, 0) is 0 Å². The van der Waals surface area contributed by atoms with E-state index in [4.69, 9.17) is 21.4 Å². The van der Waals surface area contributed by atoms with Crippen LogP contribution in [0.4, 0.5) is 0 Å². The third-order valence-corrected chi connectivity index (χ3v) is 1.82. The Bertz CT molecular complexity index is 469. The quantitative estimate of drug-likeness (QED) is 0.622. The van der Waals surface area contributed by atoms with Gasteiger partial charge in [0.05, 0.1) is 22.9 Å². The van der Waals surface area contributed by atoms with E-state index in [0.29, 0.717) is 16.2 Å². The smallest absolute Gasteiger partial charge is 0.185 e. The van der Waals surface area contributed by atoms with Crippen molar-refractivity contribution in [3.8, 4) is 6.07 Å². The predicted molar refractivity (Wildman–Crippen MR) is 43.7 cm³/mol. The SMILES string of the molecule is N#Cc1cc(Cl)c2oncc2c1. The average Bonchev–Trinajstić information content (AvgIpc) is 2.52. The average molecular weight is 179 g/mol. The molecule has 2 rings (SSSR count). The van der Waals surface area contributed by atoms with Crippen LogP contribution in [0.1, 0.15) is 5.56 Å². The number of rotatable bonds is 0. The second kappa shape index (κ2) is 2.50. The number of halogens is 1. The summed E-state index contributed by atoms with van der Waals surface area (Å²) in [4.78, 5) is 0. The Hall–Kier alpha value is -1.53. The van der Waals surface area contributed by atoms with Crippen molar-refractivity contribution in [2.45, 2.75) is 0 Å². The zero-order chi connectivity index (χ0) is 8.55. The highest BCUT2D eigenvalue weighted by Crippen LogP contribution is 2.24. The van der Waals surface area contributed by atoms with Crippen LogP contribution in [0.3, 0.4) is 0 Å². The van der Waals surface area contributed by atoms with E-state index >= 15 is 0 Å². The minimum atomic E-state index is 0.418. The summed E-state index contributed by atoms with van der Waals surface area (Å²) in [7, 11) is 0. The minimum Gasteiger partial charge on any atom is -0.355 e. The fourth-order valence-corrected chi connectivity index (χ4v) is 1.27. The van der Waals surface area contributed by atoms with Gasteiger partial charge in [-0.3, -0.25) is 0 Å². The van der Waals surface area contributed by atoms with E-state index in [0.717, 1.165) is 5.39 Å². The van der Waals surface area contributed by atoms with Crippen LogP contribution < -0.4 is 0 Å². The van der Waals surface area contributed by atoms with Gasteiger partial charge in [0.1, 0.15) is 0 Å². The van der Waals surface area contributed by atoms with Crippen LogP contribution in [0.5, 0.6) is 0 Å². The normalized spacial score (nSPS) is 10.0. The van der Waals surface area contributed by atoms with Gasteiger partial charge in [-0.05, 0) is 12.1 Å². The molecule has 1 aromatic carbocycles. The lowest BCUT2D eigenvalue weighted by atomic mass is 10.2. The first kappa shape index (κ1) is 7.14. The zero-order valence-electron chi connectivity index (χ0n) is 5.91. The van der Waals surface area contributed by atoms with Gasteiger partial charge in [-0.15, -0.1) is 0 Å². The number of benzene rings is 1. The van der Waals surface area contributed by atoms with Crippen molar-refractivity contribution in [3.63, 3.8) is 0 Å². The molecular weight excluding hydrogens is 176 g/mol. The fourth-order valence-electron chi connectivity index (χ4n) is 1.01. The highest BCUT2D eigenvalue weighted by molar-refractivity contribution is 6.34. The van der Waals surface area contributed by atoms with Gasteiger partial charge in [-0.25, -0.2) is 0 Å². The van der Waals surface area contributed by atoms with Gasteiger partial charge in [0, 0.05) is 5.39 Å². The van der Waals surface area contributed by atoms with Gasteiger partial charge >= 0.3 is 0 Å². The molecule has 0 spiro atoms. The lowest BCUT2D eigenvalue weighted by Gasteiger charge is -1.90. The first-order valence-electron chi connectivity index (χ1n) is 3.25. The molecule has 0 aliphatic carbocycles. The third-order valence-electron chi connectivity index (χ3n) is 1.54. The molecule has 4 heteroatoms. The van der Waals surface area contributed by atoms with Gasteiger partial charge in [0.25, 0.3) is 0 Å². The summed E-state index contributed by atoms with van der Waals surface area (Å²) in [6.45, 7) is 0. The Kier molecular flexibility index (Phi) is 1.49. The van der Waals surface area contributed by atoms with E-state index in [9.17, 15) is 0 Å². The van der Waals surface area contributed by atoms with Crippen LogP contribution in [0, 0.1) is 11.3 Å². The molecule has 2 aromatic rings. The number of hydrogen-bond acceptors (Lipinski definition) is 3. The number of hydrogen-bond donors (Lipinski definition) is 0. The summed E-state index contributed by atoms with van der Waals surface area (Å²) < 4.78 is 4.86. The topological polar surface area (TPSA) is 49.8 Å². The van der Waals surface area contributed by atoms with E-state index in [-0.39, 0.29) is 0 Å². The molecule has 0 radical (unpaired) electrons. The predicted octanol–water partition coefficient (Wildman–Crippen LogP) is 2.35. The first-order valence-corrected chi connectivity index (χ1v) is 3.63. The molecule has 0 unspecified atom stereocenters. The molecule has 0 fully saturated rings. The van der Waals surface area contributed by atoms with Gasteiger partial charge in [-0.1, -0.05) is 16.8 Å². The maximum atomic E-state index is 8.60. The molecule has 58 valence electrons. The van der Waals surface area contributed by atoms with Gasteiger partial charge in [0.2, 0.25) is 0 Å². The lowest BCUT2D eigenvalue weighted by molar-refractivity contribution is 0.456. The maximum absolute atomic E-state index is 8.60. The number of aromatic nitrogens is 1. The molecule has 12 heavy (non-hydrogen) atoms. The van der Waals surface area contributed by atoms with Crippen molar-refractivity contribution in [2.75, 3.05) is 0 Å². The summed E-state index contributed by atoms with van der Waals surface area (Å²) >= 11 is 5.80. The lowest BCUT2D eigenvalue weighted by Crippen LogP contribution is -1.73. The van der Waals surface area contributed by atoms with Crippen molar-refractivity contribution in [3.05, 3.63) is 28.9 Å². The summed E-state index contributed by atoms with van der Waals surface area (Å²) in [5, 5.41) is 13.3. The molecule has 0 aliphatic heterocycles. The summed E-state index contributed by atoms with van der Waals surface area (Å²) in [5.74, 6) is 0. The molecule has 0 saturated heterocycles. The molecule has 0 saturated carbocycles. The number of fused-ring (bicyclic) bond motifs is 1. The zero-order valence-corrected chi connectivity index (χ0v) is 6.67. The van der Waals surface area contributed by atoms with Gasteiger partial charge in [-0.2, -0.15) is 5.26 Å². The van der Waals surface area contributed by atoms with Crippen molar-refractivity contribution < 1.29 is 4.52 Å². The van der Waals surface area contributed by atoms with Crippen LogP contribution in [0.25, 0.3) is 11.0 Å². The number of nitriles is 1. The van der Waals surface area contributed by atoms with E-state index in [1.165, 1.54) is 6.20 Å². The van der Waals surface area contributed by atoms with Crippen LogP contribution in [0.2, 0.25) is 5.02 Å². The monoisotopic (exact) mass is 178 g/mol. The largest absolute Gasteiger partial charge is 0.355 e. The van der Waals surface area contributed by atoms with Crippen molar-refractivity contribution in [1.82, 2.24) is 5.16 Å². The standard InChI is InChI=1S/C8H3ClN2O/c9-7-2-5(3-10)1-6-4-11-12-8(6)7/h1-2,4H. The Labute approximate surface area is 73.1 Å². The second-order valence-corrected chi connectivity index (χ2v) is 2.72. The molecule has 0 N–H and O–H groups in total. The summed E-state index contributed by atoms with van der Waals surface area (Å²) in [6.07, 6.45) is 1.53. The molecule has 0 bridgehead atoms. The van der Waals surface area contributed by atoms with E-state index in [1.54, 1.807) is 12.1 Å². The Balaban J connectivity index is 2.86. The highest BCUT2D eigenvalue weighted by Gasteiger charge is 2.05. The van der Waals surface area contributed by atoms with Crippen molar-refractivity contribution in [1.29, 1.82) is 5.26 Å². The first-order chi connectivity index (χ1) is 5.81. The number of nitrogens with zero attached hydrogens (tertiary/aromatic N) is 2. The van der Waals surface area contributed by atoms with E-state index < -0.39 is 0 Å². The van der Waals surface area contributed by atoms with E-state index in [1.807, 2.05) is 6.07 Å². The van der Waals surface area contributed by atoms with E-state index in [2.05, 4.69) is 5.16 Å². The fraction of sp³-hybridized carbons (Fsp3) is 0. The molecule has 1 aromatic heterocycles. The maximum Gasteiger partial charge on any atom is 0.185 e. The van der Waals surface area contributed by atoms with Gasteiger partial charge < -0.3 is 4.52 Å². The second-order valence-electron chi connectivity index (χ2n) is 2.31. The molecule has 1 heterocycles. The van der Waals surface area contributed by atoms with Crippen molar-refractivity contribution >= 4 is 22.6 Å². The van der Waals surface area contributed by atoms with Crippen LogP contribution in [0.15, 0.2) is 22.9 Å². The van der Waals surface area contributed by atoms with Crippen LogP contribution >= 0.6 is 11.6 Å².